The summed E-state index contributed by atoms with van der Waals surface area (Å²) in [5.41, 5.74) is 3.25. The van der Waals surface area contributed by atoms with Gasteiger partial charge in [0.25, 0.3) is 10.0 Å². The van der Waals surface area contributed by atoms with Gasteiger partial charge in [0, 0.05) is 5.69 Å². The standard InChI is InChI=1S/C19H24N2O3S2/c1-13(2)18(21-26(23,24)17-11-6-12-25-17)19(22)20-16-10-5-8-14-7-3-4-9-15(14)16/h5-6,8,10-13,18,21H,3-4,7,9H2,1-2H3,(H,20,22). The molecule has 1 aliphatic rings. The van der Waals surface area contributed by atoms with Gasteiger partial charge in [-0.1, -0.05) is 32.0 Å². The van der Waals surface area contributed by atoms with Gasteiger partial charge in [0.05, 0.1) is 0 Å². The molecule has 3 rings (SSSR count). The molecule has 0 radical (unpaired) electrons. The number of sulfonamides is 1. The summed E-state index contributed by atoms with van der Waals surface area (Å²) in [5, 5.41) is 4.66. The zero-order valence-electron chi connectivity index (χ0n) is 15.0. The fraction of sp³-hybridized carbons (Fsp3) is 0.421. The summed E-state index contributed by atoms with van der Waals surface area (Å²) in [5.74, 6) is -0.497. The monoisotopic (exact) mass is 392 g/mol. The first-order valence-electron chi connectivity index (χ1n) is 8.86. The van der Waals surface area contributed by atoms with Gasteiger partial charge in [-0.2, -0.15) is 4.72 Å². The van der Waals surface area contributed by atoms with Crippen LogP contribution in [0, 0.1) is 5.92 Å². The lowest BCUT2D eigenvalue weighted by Gasteiger charge is -2.24. The van der Waals surface area contributed by atoms with E-state index in [2.05, 4.69) is 16.1 Å². The first kappa shape index (κ1) is 19.1. The largest absolute Gasteiger partial charge is 0.324 e. The molecule has 0 fully saturated rings. The number of carbonyl (C=O) groups excluding carboxylic acids is 1. The minimum Gasteiger partial charge on any atom is -0.324 e. The molecule has 1 unspecified atom stereocenters. The Morgan fingerprint density at radius 3 is 2.58 bits per heavy atom. The number of aryl methyl sites for hydroxylation is 1. The van der Waals surface area contributed by atoms with Crippen LogP contribution in [0.5, 0.6) is 0 Å². The lowest BCUT2D eigenvalue weighted by molar-refractivity contribution is -0.118. The van der Waals surface area contributed by atoms with Crippen LogP contribution in [-0.4, -0.2) is 20.4 Å². The molecule has 2 aromatic rings. The summed E-state index contributed by atoms with van der Waals surface area (Å²) in [6, 6.07) is 8.33. The lowest BCUT2D eigenvalue weighted by atomic mass is 9.90. The topological polar surface area (TPSA) is 75.3 Å². The molecule has 0 bridgehead atoms. The van der Waals surface area contributed by atoms with Crippen molar-refractivity contribution < 1.29 is 13.2 Å². The highest BCUT2D eigenvalue weighted by molar-refractivity contribution is 7.91. The number of fused-ring (bicyclic) bond motifs is 1. The second kappa shape index (κ2) is 7.90. The first-order chi connectivity index (χ1) is 12.4. The van der Waals surface area contributed by atoms with Crippen LogP contribution < -0.4 is 10.0 Å². The Kier molecular flexibility index (Phi) is 5.79. The second-order valence-electron chi connectivity index (χ2n) is 6.91. The van der Waals surface area contributed by atoms with Crippen LogP contribution in [0.25, 0.3) is 0 Å². The number of hydrogen-bond donors (Lipinski definition) is 2. The summed E-state index contributed by atoms with van der Waals surface area (Å²) < 4.78 is 27.8. The van der Waals surface area contributed by atoms with Crippen molar-refractivity contribution in [1.29, 1.82) is 0 Å². The molecule has 0 saturated carbocycles. The number of thiophene rings is 1. The van der Waals surface area contributed by atoms with Gasteiger partial charge >= 0.3 is 0 Å². The Morgan fingerprint density at radius 2 is 1.88 bits per heavy atom. The van der Waals surface area contributed by atoms with Crippen molar-refractivity contribution in [3.8, 4) is 0 Å². The molecule has 1 aromatic carbocycles. The third kappa shape index (κ3) is 4.16. The molecule has 0 aliphatic heterocycles. The molecule has 0 saturated heterocycles. The summed E-state index contributed by atoms with van der Waals surface area (Å²) in [4.78, 5) is 12.9. The second-order valence-corrected chi connectivity index (χ2v) is 9.80. The number of anilines is 1. The van der Waals surface area contributed by atoms with Crippen molar-refractivity contribution in [2.45, 2.75) is 49.8 Å². The van der Waals surface area contributed by atoms with Crippen LogP contribution in [0.15, 0.2) is 39.9 Å². The summed E-state index contributed by atoms with van der Waals surface area (Å²) in [6.45, 7) is 3.67. The number of carbonyl (C=O) groups is 1. The molecule has 1 aliphatic carbocycles. The maximum Gasteiger partial charge on any atom is 0.250 e. The maximum absolute atomic E-state index is 12.9. The molecular formula is C19H24N2O3S2. The predicted molar refractivity (Wildman–Crippen MR) is 105 cm³/mol. The highest BCUT2D eigenvalue weighted by Crippen LogP contribution is 2.28. The normalized spacial score (nSPS) is 15.5. The van der Waals surface area contributed by atoms with Gasteiger partial charge in [0.2, 0.25) is 5.91 Å². The van der Waals surface area contributed by atoms with E-state index in [0.29, 0.717) is 0 Å². The van der Waals surface area contributed by atoms with E-state index in [1.807, 2.05) is 26.0 Å². The molecule has 0 spiro atoms. The van der Waals surface area contributed by atoms with E-state index >= 15 is 0 Å². The molecule has 1 aromatic heterocycles. The molecule has 1 amide bonds. The quantitative estimate of drug-likeness (QED) is 0.789. The average molecular weight is 393 g/mol. The van der Waals surface area contributed by atoms with Crippen molar-refractivity contribution in [1.82, 2.24) is 4.72 Å². The van der Waals surface area contributed by atoms with Gasteiger partial charge in [-0.15, -0.1) is 11.3 Å². The third-order valence-corrected chi connectivity index (χ3v) is 7.48. The average Bonchev–Trinajstić information content (AvgIpc) is 3.15. The molecule has 26 heavy (non-hydrogen) atoms. The first-order valence-corrected chi connectivity index (χ1v) is 11.2. The zero-order valence-corrected chi connectivity index (χ0v) is 16.6. The number of rotatable bonds is 6. The predicted octanol–water partition coefficient (Wildman–Crippen LogP) is 3.57. The van der Waals surface area contributed by atoms with Crippen LogP contribution in [0.3, 0.4) is 0 Å². The molecule has 1 heterocycles. The van der Waals surface area contributed by atoms with E-state index in [-0.39, 0.29) is 16.0 Å². The molecule has 2 N–H and O–H groups in total. The van der Waals surface area contributed by atoms with Gasteiger partial charge < -0.3 is 5.32 Å². The van der Waals surface area contributed by atoms with Gasteiger partial charge in [-0.3, -0.25) is 4.79 Å². The SMILES string of the molecule is CC(C)C(NS(=O)(=O)c1cccs1)C(=O)Nc1cccc2c1CCCC2. The van der Waals surface area contributed by atoms with Crippen LogP contribution in [0.4, 0.5) is 5.69 Å². The highest BCUT2D eigenvalue weighted by atomic mass is 32.2. The summed E-state index contributed by atoms with van der Waals surface area (Å²) in [6.07, 6.45) is 4.24. The van der Waals surface area contributed by atoms with E-state index in [1.54, 1.807) is 11.4 Å². The maximum atomic E-state index is 12.9. The van der Waals surface area contributed by atoms with Crippen molar-refractivity contribution in [3.63, 3.8) is 0 Å². The number of amides is 1. The van der Waals surface area contributed by atoms with Crippen molar-refractivity contribution in [3.05, 3.63) is 46.8 Å². The van der Waals surface area contributed by atoms with E-state index < -0.39 is 16.1 Å². The van der Waals surface area contributed by atoms with Crippen molar-refractivity contribution >= 4 is 33.0 Å². The third-order valence-electron chi connectivity index (χ3n) is 4.64. The van der Waals surface area contributed by atoms with Gasteiger partial charge in [0.1, 0.15) is 10.3 Å². The Hall–Kier alpha value is -1.70. The molecular weight excluding hydrogens is 368 g/mol. The smallest absolute Gasteiger partial charge is 0.250 e. The Labute approximate surface area is 158 Å². The van der Waals surface area contributed by atoms with E-state index in [1.165, 1.54) is 23.6 Å². The van der Waals surface area contributed by atoms with Crippen molar-refractivity contribution in [2.75, 3.05) is 5.32 Å². The summed E-state index contributed by atoms with van der Waals surface area (Å²) in [7, 11) is -3.71. The number of nitrogens with one attached hydrogen (secondary N) is 2. The molecule has 1 atom stereocenters. The number of benzene rings is 1. The van der Waals surface area contributed by atoms with Crippen LogP contribution >= 0.6 is 11.3 Å². The Morgan fingerprint density at radius 1 is 1.12 bits per heavy atom. The molecule has 140 valence electrons. The Bertz CT molecular complexity index is 874. The van der Waals surface area contributed by atoms with E-state index in [9.17, 15) is 13.2 Å². The van der Waals surface area contributed by atoms with Gasteiger partial charge in [-0.05, 0) is 60.2 Å². The minimum atomic E-state index is -3.71. The molecule has 7 heteroatoms. The lowest BCUT2D eigenvalue weighted by Crippen LogP contribution is -2.46. The van der Waals surface area contributed by atoms with Gasteiger partial charge in [-0.25, -0.2) is 8.42 Å². The fourth-order valence-corrected chi connectivity index (χ4v) is 5.60. The van der Waals surface area contributed by atoms with E-state index in [4.69, 9.17) is 0 Å². The van der Waals surface area contributed by atoms with Crippen LogP contribution in [-0.2, 0) is 27.7 Å². The minimum absolute atomic E-state index is 0.177. The summed E-state index contributed by atoms with van der Waals surface area (Å²) >= 11 is 1.14. The zero-order chi connectivity index (χ0) is 18.7. The van der Waals surface area contributed by atoms with Crippen molar-refractivity contribution in [2.24, 2.45) is 5.92 Å². The Balaban J connectivity index is 1.80. The van der Waals surface area contributed by atoms with Crippen LogP contribution in [0.1, 0.15) is 37.8 Å². The van der Waals surface area contributed by atoms with Gasteiger partial charge in [0.15, 0.2) is 0 Å². The van der Waals surface area contributed by atoms with E-state index in [0.717, 1.165) is 36.3 Å². The highest BCUT2D eigenvalue weighted by Gasteiger charge is 2.29. The molecule has 5 nitrogen and oxygen atoms in total. The van der Waals surface area contributed by atoms with Crippen LogP contribution in [0.2, 0.25) is 0 Å². The number of hydrogen-bond acceptors (Lipinski definition) is 4. The fourth-order valence-electron chi connectivity index (χ4n) is 3.24.